The first-order valence-electron chi connectivity index (χ1n) is 9.08. The minimum Gasteiger partial charge on any atom is -0.378 e. The van der Waals surface area contributed by atoms with Gasteiger partial charge in [0, 0.05) is 57.2 Å². The molecule has 1 amide bonds. The normalized spacial score (nSPS) is 14.5. The molecule has 1 aromatic heterocycles. The van der Waals surface area contributed by atoms with Crippen molar-refractivity contribution in [2.24, 2.45) is 0 Å². The quantitative estimate of drug-likeness (QED) is 0.788. The Balaban J connectivity index is 1.94. The van der Waals surface area contributed by atoms with Gasteiger partial charge in [-0.3, -0.25) is 4.79 Å². The molecule has 1 saturated heterocycles. The summed E-state index contributed by atoms with van der Waals surface area (Å²) in [5, 5.41) is 0.719. The van der Waals surface area contributed by atoms with Crippen LogP contribution in [0, 0.1) is 6.92 Å². The lowest BCUT2D eigenvalue weighted by Gasteiger charge is -2.36. The van der Waals surface area contributed by atoms with Gasteiger partial charge in [0.05, 0.1) is 12.3 Å². The molecule has 6 nitrogen and oxygen atoms in total. The number of ether oxygens (including phenoxy) is 1. The van der Waals surface area contributed by atoms with Crippen molar-refractivity contribution >= 4 is 23.3 Å². The number of halogens is 1. The second-order valence-corrected chi connectivity index (χ2v) is 7.19. The molecular weight excluding hydrogens is 364 g/mol. The van der Waals surface area contributed by atoms with Crippen molar-refractivity contribution in [3.8, 4) is 0 Å². The van der Waals surface area contributed by atoms with Gasteiger partial charge in [-0.15, -0.1) is 0 Å². The number of anilines is 1. The maximum Gasteiger partial charge on any atom is 0.219 e. The zero-order valence-electron chi connectivity index (χ0n) is 16.0. The maximum absolute atomic E-state index is 11.6. The van der Waals surface area contributed by atoms with Gasteiger partial charge >= 0.3 is 0 Å². The van der Waals surface area contributed by atoms with Crippen LogP contribution in [0.15, 0.2) is 24.3 Å². The molecule has 0 bridgehead atoms. The van der Waals surface area contributed by atoms with Crippen LogP contribution in [0.2, 0.25) is 5.02 Å². The number of piperazine rings is 1. The summed E-state index contributed by atoms with van der Waals surface area (Å²) < 4.78 is 5.39. The first kappa shape index (κ1) is 19.6. The van der Waals surface area contributed by atoms with Gasteiger partial charge in [0.1, 0.15) is 11.6 Å². The van der Waals surface area contributed by atoms with Crippen molar-refractivity contribution < 1.29 is 9.53 Å². The van der Waals surface area contributed by atoms with Gasteiger partial charge in [0.2, 0.25) is 5.91 Å². The van der Waals surface area contributed by atoms with Crippen LogP contribution < -0.4 is 4.90 Å². The number of aromatic nitrogens is 2. The van der Waals surface area contributed by atoms with Crippen molar-refractivity contribution in [1.82, 2.24) is 14.9 Å². The molecule has 0 radical (unpaired) electrons. The lowest BCUT2D eigenvalue weighted by atomic mass is 10.0. The fraction of sp³-hybridized carbons (Fsp3) is 0.450. The smallest absolute Gasteiger partial charge is 0.219 e. The molecule has 144 valence electrons. The van der Waals surface area contributed by atoms with E-state index in [1.54, 1.807) is 14.0 Å². The summed E-state index contributed by atoms with van der Waals surface area (Å²) >= 11 is 6.02. The lowest BCUT2D eigenvalue weighted by Crippen LogP contribution is -2.48. The number of hydrogen-bond donors (Lipinski definition) is 0. The average Bonchev–Trinajstić information content (AvgIpc) is 2.65. The number of hydrogen-bond acceptors (Lipinski definition) is 5. The third kappa shape index (κ3) is 4.76. The molecule has 0 atom stereocenters. The minimum atomic E-state index is 0.120. The molecule has 0 spiro atoms. The van der Waals surface area contributed by atoms with E-state index in [0.717, 1.165) is 46.6 Å². The highest BCUT2D eigenvalue weighted by molar-refractivity contribution is 6.30. The van der Waals surface area contributed by atoms with Gasteiger partial charge < -0.3 is 14.5 Å². The largest absolute Gasteiger partial charge is 0.378 e. The van der Waals surface area contributed by atoms with Crippen molar-refractivity contribution in [1.29, 1.82) is 0 Å². The molecule has 1 fully saturated rings. The Labute approximate surface area is 165 Å². The monoisotopic (exact) mass is 388 g/mol. The number of amides is 1. The molecule has 2 heterocycles. The van der Waals surface area contributed by atoms with Gasteiger partial charge in [-0.05, 0) is 24.6 Å². The zero-order chi connectivity index (χ0) is 19.4. The zero-order valence-corrected chi connectivity index (χ0v) is 16.8. The second kappa shape index (κ2) is 8.67. The average molecular weight is 389 g/mol. The van der Waals surface area contributed by atoms with Crippen LogP contribution in [0.4, 0.5) is 5.82 Å². The van der Waals surface area contributed by atoms with Crippen LogP contribution in [0.25, 0.3) is 0 Å². The number of nitrogens with zero attached hydrogens (tertiary/aromatic N) is 4. The minimum absolute atomic E-state index is 0.120. The van der Waals surface area contributed by atoms with E-state index in [1.807, 2.05) is 36.1 Å². The molecule has 27 heavy (non-hydrogen) atoms. The summed E-state index contributed by atoms with van der Waals surface area (Å²) in [4.78, 5) is 25.1. The SMILES string of the molecule is COCc1nc(C)nc(N2CCN(C(C)=O)CC2)c1Cc1ccc(Cl)cc1. The first-order chi connectivity index (χ1) is 13.0. The third-order valence-corrected chi connectivity index (χ3v) is 5.03. The van der Waals surface area contributed by atoms with E-state index in [-0.39, 0.29) is 5.91 Å². The molecule has 0 unspecified atom stereocenters. The predicted molar refractivity (Wildman–Crippen MR) is 106 cm³/mol. The molecule has 1 aliphatic rings. The number of rotatable bonds is 5. The topological polar surface area (TPSA) is 58.6 Å². The Hall–Kier alpha value is -2.18. The molecule has 0 N–H and O–H groups in total. The Bertz CT molecular complexity index is 802. The number of benzene rings is 1. The van der Waals surface area contributed by atoms with Crippen molar-refractivity contribution in [2.75, 3.05) is 38.2 Å². The lowest BCUT2D eigenvalue weighted by molar-refractivity contribution is -0.129. The third-order valence-electron chi connectivity index (χ3n) is 4.78. The fourth-order valence-electron chi connectivity index (χ4n) is 3.38. The van der Waals surface area contributed by atoms with E-state index in [4.69, 9.17) is 21.3 Å². The summed E-state index contributed by atoms with van der Waals surface area (Å²) in [5.41, 5.74) is 3.12. The van der Waals surface area contributed by atoms with Gasteiger partial charge in [-0.2, -0.15) is 0 Å². The Morgan fingerprint density at radius 3 is 2.41 bits per heavy atom. The van der Waals surface area contributed by atoms with Crippen LogP contribution in [0.3, 0.4) is 0 Å². The van der Waals surface area contributed by atoms with E-state index in [9.17, 15) is 4.79 Å². The van der Waals surface area contributed by atoms with Crippen molar-refractivity contribution in [3.05, 3.63) is 51.9 Å². The second-order valence-electron chi connectivity index (χ2n) is 6.75. The van der Waals surface area contributed by atoms with Crippen molar-refractivity contribution in [3.63, 3.8) is 0 Å². The van der Waals surface area contributed by atoms with Gasteiger partial charge in [0.25, 0.3) is 0 Å². The Kier molecular flexibility index (Phi) is 6.29. The molecule has 1 aliphatic heterocycles. The van der Waals surface area contributed by atoms with Crippen LogP contribution >= 0.6 is 11.6 Å². The number of carbonyl (C=O) groups is 1. The summed E-state index contributed by atoms with van der Waals surface area (Å²) in [6.07, 6.45) is 0.707. The number of aryl methyl sites for hydroxylation is 1. The predicted octanol–water partition coefficient (Wildman–Crippen LogP) is 2.84. The molecule has 1 aromatic carbocycles. The van der Waals surface area contributed by atoms with E-state index < -0.39 is 0 Å². The molecular formula is C20H25ClN4O2. The van der Waals surface area contributed by atoms with E-state index >= 15 is 0 Å². The summed E-state index contributed by atoms with van der Waals surface area (Å²) in [5.74, 6) is 1.79. The van der Waals surface area contributed by atoms with E-state index in [1.165, 1.54) is 0 Å². The van der Waals surface area contributed by atoms with E-state index in [2.05, 4.69) is 9.88 Å². The number of methoxy groups -OCH3 is 1. The standard InChI is InChI=1S/C20H25ClN4O2/c1-14-22-19(13-27-3)18(12-16-4-6-17(21)7-5-16)20(23-14)25-10-8-24(9-11-25)15(2)26/h4-7H,8-13H2,1-3H3. The Morgan fingerprint density at radius 2 is 1.81 bits per heavy atom. The summed E-state index contributed by atoms with van der Waals surface area (Å²) in [6.45, 7) is 6.89. The van der Waals surface area contributed by atoms with Crippen molar-refractivity contribution in [2.45, 2.75) is 26.9 Å². The molecule has 3 rings (SSSR count). The summed E-state index contributed by atoms with van der Waals surface area (Å²) in [7, 11) is 1.68. The van der Waals surface area contributed by atoms with Gasteiger partial charge in [-0.1, -0.05) is 23.7 Å². The highest BCUT2D eigenvalue weighted by Crippen LogP contribution is 2.26. The fourth-order valence-corrected chi connectivity index (χ4v) is 3.50. The van der Waals surface area contributed by atoms with Gasteiger partial charge in [0.15, 0.2) is 0 Å². The van der Waals surface area contributed by atoms with Crippen LogP contribution in [0.5, 0.6) is 0 Å². The highest BCUT2D eigenvalue weighted by atomic mass is 35.5. The first-order valence-corrected chi connectivity index (χ1v) is 9.46. The summed E-state index contributed by atoms with van der Waals surface area (Å²) in [6, 6.07) is 7.84. The highest BCUT2D eigenvalue weighted by Gasteiger charge is 2.24. The Morgan fingerprint density at radius 1 is 1.15 bits per heavy atom. The molecule has 7 heteroatoms. The number of carbonyl (C=O) groups excluding carboxylic acids is 1. The maximum atomic E-state index is 11.6. The molecule has 0 aliphatic carbocycles. The van der Waals surface area contributed by atoms with Crippen LogP contribution in [0.1, 0.15) is 29.6 Å². The van der Waals surface area contributed by atoms with Gasteiger partial charge in [-0.25, -0.2) is 9.97 Å². The molecule has 2 aromatic rings. The van der Waals surface area contributed by atoms with Crippen LogP contribution in [-0.2, 0) is 22.6 Å². The van der Waals surface area contributed by atoms with E-state index in [0.29, 0.717) is 26.1 Å². The molecule has 0 saturated carbocycles. The van der Waals surface area contributed by atoms with Crippen LogP contribution in [-0.4, -0.2) is 54.1 Å².